The van der Waals surface area contributed by atoms with Gasteiger partial charge in [-0.05, 0) is 37.6 Å². The van der Waals surface area contributed by atoms with E-state index in [9.17, 15) is 4.79 Å². The minimum Gasteiger partial charge on any atom is -0.497 e. The SMILES string of the molecule is COc1ccc(CN2CC(C3(C)CCN3)CC2=O)cc1. The van der Waals surface area contributed by atoms with Gasteiger partial charge in [-0.1, -0.05) is 12.1 Å². The van der Waals surface area contributed by atoms with E-state index in [1.807, 2.05) is 29.2 Å². The van der Waals surface area contributed by atoms with Gasteiger partial charge in [0.2, 0.25) is 5.91 Å². The zero-order valence-electron chi connectivity index (χ0n) is 12.2. The lowest BCUT2D eigenvalue weighted by Crippen LogP contribution is -2.59. The van der Waals surface area contributed by atoms with Gasteiger partial charge in [0.05, 0.1) is 7.11 Å². The minimum atomic E-state index is 0.171. The van der Waals surface area contributed by atoms with Gasteiger partial charge in [0, 0.05) is 31.0 Å². The summed E-state index contributed by atoms with van der Waals surface area (Å²) in [6, 6.07) is 7.95. The van der Waals surface area contributed by atoms with Crippen molar-refractivity contribution in [1.82, 2.24) is 10.2 Å². The van der Waals surface area contributed by atoms with Crippen molar-refractivity contribution in [3.05, 3.63) is 29.8 Å². The number of carbonyl (C=O) groups excluding carboxylic acids is 1. The summed E-state index contributed by atoms with van der Waals surface area (Å²) < 4.78 is 5.16. The molecule has 2 aliphatic rings. The molecule has 0 aromatic heterocycles. The van der Waals surface area contributed by atoms with E-state index in [4.69, 9.17) is 4.74 Å². The molecule has 20 heavy (non-hydrogen) atoms. The van der Waals surface area contributed by atoms with Crippen LogP contribution in [0.15, 0.2) is 24.3 Å². The third-order valence-corrected chi connectivity index (χ3v) is 4.82. The molecule has 2 fully saturated rings. The summed E-state index contributed by atoms with van der Waals surface area (Å²) in [4.78, 5) is 14.2. The minimum absolute atomic E-state index is 0.171. The van der Waals surface area contributed by atoms with Crippen LogP contribution in [-0.2, 0) is 11.3 Å². The highest BCUT2D eigenvalue weighted by Gasteiger charge is 2.45. The molecular formula is C16H22N2O2. The van der Waals surface area contributed by atoms with Gasteiger partial charge in [0.25, 0.3) is 0 Å². The lowest BCUT2D eigenvalue weighted by atomic mass is 9.77. The van der Waals surface area contributed by atoms with Crippen molar-refractivity contribution in [2.24, 2.45) is 5.92 Å². The number of nitrogens with one attached hydrogen (secondary N) is 1. The molecule has 0 bridgehead atoms. The number of hydrogen-bond acceptors (Lipinski definition) is 3. The van der Waals surface area contributed by atoms with E-state index >= 15 is 0 Å². The normalized spacial score (nSPS) is 29.4. The third kappa shape index (κ3) is 2.40. The van der Waals surface area contributed by atoms with E-state index in [0.29, 0.717) is 18.9 Å². The first-order valence-electron chi connectivity index (χ1n) is 7.26. The molecule has 0 saturated carbocycles. The molecule has 2 saturated heterocycles. The van der Waals surface area contributed by atoms with Crippen LogP contribution in [0.25, 0.3) is 0 Å². The van der Waals surface area contributed by atoms with Gasteiger partial charge in [0.15, 0.2) is 0 Å². The Morgan fingerprint density at radius 2 is 2.10 bits per heavy atom. The first-order valence-corrected chi connectivity index (χ1v) is 7.26. The van der Waals surface area contributed by atoms with Crippen molar-refractivity contribution in [3.8, 4) is 5.75 Å². The van der Waals surface area contributed by atoms with Crippen molar-refractivity contribution in [1.29, 1.82) is 0 Å². The fraction of sp³-hybridized carbons (Fsp3) is 0.562. The van der Waals surface area contributed by atoms with Crippen molar-refractivity contribution in [2.45, 2.75) is 31.8 Å². The summed E-state index contributed by atoms with van der Waals surface area (Å²) >= 11 is 0. The van der Waals surface area contributed by atoms with Gasteiger partial charge >= 0.3 is 0 Å². The molecule has 1 aromatic rings. The Balaban J connectivity index is 1.64. The summed E-state index contributed by atoms with van der Waals surface area (Å²) in [6.07, 6.45) is 1.86. The molecule has 2 atom stereocenters. The molecular weight excluding hydrogens is 252 g/mol. The van der Waals surface area contributed by atoms with Gasteiger partial charge in [0.1, 0.15) is 5.75 Å². The number of rotatable bonds is 4. The molecule has 0 aliphatic carbocycles. The largest absolute Gasteiger partial charge is 0.497 e. The fourth-order valence-corrected chi connectivity index (χ4v) is 3.17. The van der Waals surface area contributed by atoms with Crippen LogP contribution >= 0.6 is 0 Å². The highest BCUT2D eigenvalue weighted by molar-refractivity contribution is 5.79. The second-order valence-corrected chi connectivity index (χ2v) is 6.12. The van der Waals surface area contributed by atoms with Crippen molar-refractivity contribution in [3.63, 3.8) is 0 Å². The van der Waals surface area contributed by atoms with Gasteiger partial charge < -0.3 is 15.0 Å². The second-order valence-electron chi connectivity index (χ2n) is 6.12. The maximum absolute atomic E-state index is 12.2. The summed E-state index contributed by atoms with van der Waals surface area (Å²) in [7, 11) is 1.66. The van der Waals surface area contributed by atoms with Gasteiger partial charge in [-0.3, -0.25) is 4.79 Å². The number of methoxy groups -OCH3 is 1. The quantitative estimate of drug-likeness (QED) is 0.910. The zero-order valence-corrected chi connectivity index (χ0v) is 12.2. The Bertz CT molecular complexity index is 494. The molecule has 2 unspecified atom stereocenters. The van der Waals surface area contributed by atoms with Crippen molar-refractivity contribution in [2.75, 3.05) is 20.2 Å². The summed E-state index contributed by atoms with van der Waals surface area (Å²) in [5, 5.41) is 3.49. The van der Waals surface area contributed by atoms with E-state index in [1.54, 1.807) is 7.11 Å². The average molecular weight is 274 g/mol. The smallest absolute Gasteiger partial charge is 0.223 e. The lowest BCUT2D eigenvalue weighted by molar-refractivity contribution is -0.128. The van der Waals surface area contributed by atoms with Crippen molar-refractivity contribution < 1.29 is 9.53 Å². The highest BCUT2D eigenvalue weighted by atomic mass is 16.5. The van der Waals surface area contributed by atoms with E-state index < -0.39 is 0 Å². The van der Waals surface area contributed by atoms with Crippen LogP contribution in [-0.4, -0.2) is 36.5 Å². The second kappa shape index (κ2) is 5.09. The molecule has 3 rings (SSSR count). The highest BCUT2D eigenvalue weighted by Crippen LogP contribution is 2.35. The molecule has 1 aromatic carbocycles. The number of amides is 1. The van der Waals surface area contributed by atoms with Crippen LogP contribution in [0, 0.1) is 5.92 Å². The van der Waals surface area contributed by atoms with E-state index in [-0.39, 0.29) is 11.4 Å². The number of likely N-dealkylation sites (tertiary alicyclic amines) is 1. The fourth-order valence-electron chi connectivity index (χ4n) is 3.17. The van der Waals surface area contributed by atoms with Crippen LogP contribution in [0.2, 0.25) is 0 Å². The molecule has 0 radical (unpaired) electrons. The Morgan fingerprint density at radius 3 is 2.65 bits per heavy atom. The van der Waals surface area contributed by atoms with Gasteiger partial charge in [-0.15, -0.1) is 0 Å². The number of ether oxygens (including phenoxy) is 1. The van der Waals surface area contributed by atoms with Crippen LogP contribution in [0.3, 0.4) is 0 Å². The van der Waals surface area contributed by atoms with Crippen LogP contribution < -0.4 is 10.1 Å². The molecule has 1 N–H and O–H groups in total. The molecule has 108 valence electrons. The molecule has 4 heteroatoms. The monoisotopic (exact) mass is 274 g/mol. The van der Waals surface area contributed by atoms with E-state index in [2.05, 4.69) is 12.2 Å². The van der Waals surface area contributed by atoms with Crippen molar-refractivity contribution >= 4 is 5.91 Å². The summed E-state index contributed by atoms with van der Waals surface area (Å²) in [5.41, 5.74) is 1.33. The van der Waals surface area contributed by atoms with Gasteiger partial charge in [-0.2, -0.15) is 0 Å². The molecule has 0 spiro atoms. The zero-order chi connectivity index (χ0) is 14.2. The number of nitrogens with zero attached hydrogens (tertiary/aromatic N) is 1. The third-order valence-electron chi connectivity index (χ3n) is 4.82. The Morgan fingerprint density at radius 1 is 1.40 bits per heavy atom. The van der Waals surface area contributed by atoms with Crippen LogP contribution in [0.5, 0.6) is 5.75 Å². The average Bonchev–Trinajstić information content (AvgIpc) is 2.79. The lowest BCUT2D eigenvalue weighted by Gasteiger charge is -2.44. The van der Waals surface area contributed by atoms with E-state index in [1.165, 1.54) is 6.42 Å². The molecule has 1 amide bonds. The predicted octanol–water partition coefficient (Wildman–Crippen LogP) is 1.80. The standard InChI is InChI=1S/C16H22N2O2/c1-16(7-8-17-16)13-9-15(19)18(11-13)10-12-3-5-14(20-2)6-4-12/h3-6,13,17H,7-11H2,1-2H3. The molecule has 2 aliphatic heterocycles. The Labute approximate surface area is 120 Å². The van der Waals surface area contributed by atoms with E-state index in [0.717, 1.165) is 24.4 Å². The first-order chi connectivity index (χ1) is 9.60. The maximum atomic E-state index is 12.2. The van der Waals surface area contributed by atoms with Crippen LogP contribution in [0.1, 0.15) is 25.3 Å². The first kappa shape index (κ1) is 13.4. The predicted molar refractivity (Wildman–Crippen MR) is 77.5 cm³/mol. The molecule has 2 heterocycles. The Kier molecular flexibility index (Phi) is 3.42. The summed E-state index contributed by atoms with van der Waals surface area (Å²) in [5.74, 6) is 1.58. The topological polar surface area (TPSA) is 41.6 Å². The van der Waals surface area contributed by atoms with Gasteiger partial charge in [-0.25, -0.2) is 0 Å². The van der Waals surface area contributed by atoms with Crippen LogP contribution in [0.4, 0.5) is 0 Å². The Hall–Kier alpha value is -1.55. The maximum Gasteiger partial charge on any atom is 0.223 e. The number of hydrogen-bond donors (Lipinski definition) is 1. The number of carbonyl (C=O) groups is 1. The summed E-state index contributed by atoms with van der Waals surface area (Å²) in [6.45, 7) is 4.90. The molecule has 4 nitrogen and oxygen atoms in total. The number of benzene rings is 1.